The van der Waals surface area contributed by atoms with Crippen LogP contribution < -0.4 is 14.8 Å². The number of nitrogens with one attached hydrogen (secondary N) is 1. The molecular weight excluding hydrogens is 358 g/mol. The van der Waals surface area contributed by atoms with E-state index in [9.17, 15) is 4.79 Å². The van der Waals surface area contributed by atoms with Gasteiger partial charge in [0.15, 0.2) is 0 Å². The first-order valence-corrected chi connectivity index (χ1v) is 9.60. The van der Waals surface area contributed by atoms with Crippen LogP contribution in [-0.2, 0) is 6.42 Å². The lowest BCUT2D eigenvalue weighted by Crippen LogP contribution is -2.29. The second kappa shape index (κ2) is 8.73. The summed E-state index contributed by atoms with van der Waals surface area (Å²) in [6.45, 7) is 1.96. The first-order valence-electron chi connectivity index (χ1n) is 8.72. The quantitative estimate of drug-likeness (QED) is 0.640. The van der Waals surface area contributed by atoms with Crippen molar-refractivity contribution in [3.05, 3.63) is 81.5 Å². The Morgan fingerprint density at radius 2 is 1.56 bits per heavy atom. The van der Waals surface area contributed by atoms with E-state index in [0.29, 0.717) is 6.42 Å². The number of ether oxygens (including phenoxy) is 2. The zero-order valence-electron chi connectivity index (χ0n) is 15.7. The molecule has 1 N–H and O–H groups in total. The van der Waals surface area contributed by atoms with Gasteiger partial charge in [0.05, 0.1) is 25.1 Å². The number of carbonyl (C=O) groups is 1. The fraction of sp³-hybridized carbons (Fsp3) is 0.227. The minimum Gasteiger partial charge on any atom is -0.497 e. The molecule has 5 heteroatoms. The van der Waals surface area contributed by atoms with Crippen LogP contribution in [0.25, 0.3) is 0 Å². The summed E-state index contributed by atoms with van der Waals surface area (Å²) in [7, 11) is 3.30. The summed E-state index contributed by atoms with van der Waals surface area (Å²) in [4.78, 5) is 13.5. The smallest absolute Gasteiger partial charge is 0.262 e. The van der Waals surface area contributed by atoms with Crippen molar-refractivity contribution >= 4 is 17.2 Å². The van der Waals surface area contributed by atoms with Gasteiger partial charge in [-0.15, -0.1) is 11.3 Å². The first kappa shape index (κ1) is 19.0. The molecule has 0 bridgehead atoms. The van der Waals surface area contributed by atoms with Gasteiger partial charge in [0.25, 0.3) is 5.91 Å². The van der Waals surface area contributed by atoms with Crippen LogP contribution in [0, 0.1) is 6.92 Å². The predicted octanol–water partition coefficient (Wildman–Crippen LogP) is 4.79. The molecule has 0 aliphatic heterocycles. The van der Waals surface area contributed by atoms with Crippen LogP contribution in [0.3, 0.4) is 0 Å². The van der Waals surface area contributed by atoms with Gasteiger partial charge in [0, 0.05) is 0 Å². The zero-order chi connectivity index (χ0) is 19.2. The second-order valence-electron chi connectivity index (χ2n) is 6.28. The van der Waals surface area contributed by atoms with E-state index >= 15 is 0 Å². The maximum Gasteiger partial charge on any atom is 0.262 e. The molecule has 0 saturated carbocycles. The van der Waals surface area contributed by atoms with Gasteiger partial charge in [0.1, 0.15) is 11.5 Å². The number of hydrogen-bond acceptors (Lipinski definition) is 4. The number of carbonyl (C=O) groups excluding carboxylic acids is 1. The number of methoxy groups -OCH3 is 2. The molecule has 0 radical (unpaired) electrons. The molecule has 1 amide bonds. The number of hydrogen-bond donors (Lipinski definition) is 1. The monoisotopic (exact) mass is 381 g/mol. The molecule has 2 aromatic carbocycles. The topological polar surface area (TPSA) is 47.6 Å². The van der Waals surface area contributed by atoms with Crippen molar-refractivity contribution in [2.75, 3.05) is 14.2 Å². The Kier molecular flexibility index (Phi) is 6.14. The highest BCUT2D eigenvalue weighted by molar-refractivity contribution is 7.12. The van der Waals surface area contributed by atoms with E-state index in [4.69, 9.17) is 9.47 Å². The Morgan fingerprint density at radius 3 is 2.07 bits per heavy atom. The molecule has 4 nitrogen and oxygen atoms in total. The molecule has 140 valence electrons. The average Bonchev–Trinajstić information content (AvgIpc) is 3.14. The highest BCUT2D eigenvalue weighted by Crippen LogP contribution is 2.24. The van der Waals surface area contributed by atoms with Crippen LogP contribution in [-0.4, -0.2) is 20.1 Å². The third-order valence-electron chi connectivity index (χ3n) is 4.49. The standard InChI is InChI=1S/C22H23NO3S/c1-15-12-13-27-21(15)22(24)23-20(17-6-10-19(26-3)11-7-17)14-16-4-8-18(25-2)9-5-16/h4-13,20H,14H2,1-3H3,(H,23,24). The third-order valence-corrected chi connectivity index (χ3v) is 5.51. The maximum atomic E-state index is 12.8. The lowest BCUT2D eigenvalue weighted by molar-refractivity contribution is 0.0940. The molecule has 0 aliphatic carbocycles. The number of amides is 1. The summed E-state index contributed by atoms with van der Waals surface area (Å²) in [5.74, 6) is 1.57. The van der Waals surface area contributed by atoms with Crippen molar-refractivity contribution in [1.82, 2.24) is 5.32 Å². The van der Waals surface area contributed by atoms with Crippen molar-refractivity contribution in [2.45, 2.75) is 19.4 Å². The van der Waals surface area contributed by atoms with E-state index in [1.165, 1.54) is 11.3 Å². The molecule has 1 unspecified atom stereocenters. The Bertz CT molecular complexity index is 885. The molecule has 1 aromatic heterocycles. The second-order valence-corrected chi connectivity index (χ2v) is 7.20. The fourth-order valence-corrected chi connectivity index (χ4v) is 3.74. The lowest BCUT2D eigenvalue weighted by Gasteiger charge is -2.20. The molecule has 3 rings (SSSR count). The van der Waals surface area contributed by atoms with Gasteiger partial charge in [-0.2, -0.15) is 0 Å². The molecular formula is C22H23NO3S. The summed E-state index contributed by atoms with van der Waals surface area (Å²) in [5, 5.41) is 5.13. The average molecular weight is 381 g/mol. The van der Waals surface area contributed by atoms with E-state index < -0.39 is 0 Å². The molecule has 3 aromatic rings. The lowest BCUT2D eigenvalue weighted by atomic mass is 9.98. The molecule has 0 saturated heterocycles. The van der Waals surface area contributed by atoms with Gasteiger partial charge >= 0.3 is 0 Å². The summed E-state index contributed by atoms with van der Waals surface area (Å²) < 4.78 is 10.5. The van der Waals surface area contributed by atoms with Gasteiger partial charge in [-0.05, 0) is 65.7 Å². The molecule has 0 spiro atoms. The Labute approximate surface area is 163 Å². The van der Waals surface area contributed by atoms with Crippen LogP contribution in [0.2, 0.25) is 0 Å². The Hall–Kier alpha value is -2.79. The highest BCUT2D eigenvalue weighted by Gasteiger charge is 2.18. The van der Waals surface area contributed by atoms with Gasteiger partial charge in [-0.25, -0.2) is 0 Å². The highest BCUT2D eigenvalue weighted by atomic mass is 32.1. The number of rotatable bonds is 7. The van der Waals surface area contributed by atoms with E-state index in [2.05, 4.69) is 5.32 Å². The van der Waals surface area contributed by atoms with E-state index in [0.717, 1.165) is 33.1 Å². The van der Waals surface area contributed by atoms with Crippen LogP contribution >= 0.6 is 11.3 Å². The molecule has 0 fully saturated rings. The predicted molar refractivity (Wildman–Crippen MR) is 109 cm³/mol. The number of benzene rings is 2. The zero-order valence-corrected chi connectivity index (χ0v) is 16.5. The number of thiophene rings is 1. The third kappa shape index (κ3) is 4.68. The minimum absolute atomic E-state index is 0.0446. The molecule has 1 heterocycles. The van der Waals surface area contributed by atoms with Crippen molar-refractivity contribution in [2.24, 2.45) is 0 Å². The largest absolute Gasteiger partial charge is 0.497 e. The van der Waals surface area contributed by atoms with Crippen molar-refractivity contribution in [3.8, 4) is 11.5 Å². The van der Waals surface area contributed by atoms with Crippen LogP contribution in [0.5, 0.6) is 11.5 Å². The minimum atomic E-state index is -0.140. The van der Waals surface area contributed by atoms with Crippen molar-refractivity contribution in [3.63, 3.8) is 0 Å². The number of aryl methyl sites for hydroxylation is 1. The Morgan fingerprint density at radius 1 is 0.963 bits per heavy atom. The molecule has 27 heavy (non-hydrogen) atoms. The summed E-state index contributed by atoms with van der Waals surface area (Å²) in [6, 6.07) is 17.6. The normalized spacial score (nSPS) is 11.7. The van der Waals surface area contributed by atoms with Crippen LogP contribution in [0.15, 0.2) is 60.0 Å². The first-order chi connectivity index (χ1) is 13.1. The fourth-order valence-electron chi connectivity index (χ4n) is 2.91. The van der Waals surface area contributed by atoms with Gasteiger partial charge in [-0.3, -0.25) is 4.79 Å². The van der Waals surface area contributed by atoms with E-state index in [-0.39, 0.29) is 11.9 Å². The summed E-state index contributed by atoms with van der Waals surface area (Å²) in [6.07, 6.45) is 0.687. The van der Waals surface area contributed by atoms with Gasteiger partial charge in [0.2, 0.25) is 0 Å². The van der Waals surface area contributed by atoms with Gasteiger partial charge in [-0.1, -0.05) is 24.3 Å². The Balaban J connectivity index is 1.84. The molecule has 0 aliphatic rings. The maximum absolute atomic E-state index is 12.8. The van der Waals surface area contributed by atoms with E-state index in [1.54, 1.807) is 14.2 Å². The van der Waals surface area contributed by atoms with Crippen molar-refractivity contribution in [1.29, 1.82) is 0 Å². The van der Waals surface area contributed by atoms with Crippen molar-refractivity contribution < 1.29 is 14.3 Å². The summed E-state index contributed by atoms with van der Waals surface area (Å²) >= 11 is 1.46. The SMILES string of the molecule is COc1ccc(CC(NC(=O)c2sccc2C)c2ccc(OC)cc2)cc1. The summed E-state index contributed by atoms with van der Waals surface area (Å²) in [5.41, 5.74) is 3.16. The van der Waals surface area contributed by atoms with Crippen LogP contribution in [0.4, 0.5) is 0 Å². The molecule has 1 atom stereocenters. The van der Waals surface area contributed by atoms with Crippen LogP contribution in [0.1, 0.15) is 32.4 Å². The van der Waals surface area contributed by atoms with E-state index in [1.807, 2.05) is 66.9 Å². The van der Waals surface area contributed by atoms with Gasteiger partial charge < -0.3 is 14.8 Å².